The van der Waals surface area contributed by atoms with Gasteiger partial charge in [-0.2, -0.15) is 0 Å². The largest absolute Gasteiger partial charge is 0.288 e. The van der Waals surface area contributed by atoms with Gasteiger partial charge in [0.15, 0.2) is 0 Å². The molecule has 0 N–H and O–H groups in total. The first-order valence-corrected chi connectivity index (χ1v) is 3.69. The zero-order valence-electron chi connectivity index (χ0n) is 6.33. The van der Waals surface area contributed by atoms with Crippen LogP contribution in [0.3, 0.4) is 0 Å². The minimum atomic E-state index is 0.792. The van der Waals surface area contributed by atoms with Crippen molar-refractivity contribution in [1.82, 2.24) is 9.80 Å². The molecule has 2 heterocycles. The summed E-state index contributed by atoms with van der Waals surface area (Å²) in [6, 6.07) is 1.63. The van der Waals surface area contributed by atoms with Crippen molar-refractivity contribution < 1.29 is 0 Å². The van der Waals surface area contributed by atoms with Gasteiger partial charge in [0.25, 0.3) is 0 Å². The number of likely N-dealkylation sites (N-methyl/N-ethyl adjacent to an activating group) is 1. The first-order valence-electron chi connectivity index (χ1n) is 3.69. The summed E-state index contributed by atoms with van der Waals surface area (Å²) in [6.07, 6.45) is 0.792. The Kier molecular flexibility index (Phi) is 0.945. The van der Waals surface area contributed by atoms with Crippen molar-refractivity contribution in [3.05, 3.63) is 0 Å². The van der Waals surface area contributed by atoms with Crippen molar-refractivity contribution in [3.63, 3.8) is 0 Å². The highest BCUT2D eigenvalue weighted by molar-refractivity contribution is 5.06. The summed E-state index contributed by atoms with van der Waals surface area (Å²) >= 11 is 0. The number of nitrogens with zero attached hydrogens (tertiary/aromatic N) is 2. The van der Waals surface area contributed by atoms with Crippen molar-refractivity contribution >= 4 is 0 Å². The Bertz CT molecular complexity index is 121. The number of hydrogen-bond donors (Lipinski definition) is 0. The van der Waals surface area contributed by atoms with E-state index in [1.165, 1.54) is 6.54 Å². The highest BCUT2D eigenvalue weighted by Crippen LogP contribution is 2.38. The van der Waals surface area contributed by atoms with Gasteiger partial charge in [0.1, 0.15) is 0 Å². The van der Waals surface area contributed by atoms with Crippen molar-refractivity contribution in [1.29, 1.82) is 0 Å². The first-order chi connectivity index (χ1) is 4.22. The molecule has 0 aliphatic carbocycles. The molecule has 2 aliphatic heterocycles. The summed E-state index contributed by atoms with van der Waals surface area (Å²) in [5.74, 6) is 0. The standard InChI is InChI=1S/C7H14N2/c1-5-4-8(3)7-6(2)9(5)7/h5-7H,4H2,1-3H3/t5-,6+,7?,9?/m1/s1. The second-order valence-corrected chi connectivity index (χ2v) is 3.39. The Hall–Kier alpha value is -0.0800. The second kappa shape index (κ2) is 1.50. The van der Waals surface area contributed by atoms with Gasteiger partial charge in [-0.3, -0.25) is 9.80 Å². The molecule has 2 heteroatoms. The minimum Gasteiger partial charge on any atom is -0.288 e. The van der Waals surface area contributed by atoms with Gasteiger partial charge in [-0.05, 0) is 20.9 Å². The normalized spacial score (nSPS) is 57.7. The van der Waals surface area contributed by atoms with Crippen LogP contribution in [0.4, 0.5) is 0 Å². The highest BCUT2D eigenvalue weighted by Gasteiger charge is 2.54. The summed E-state index contributed by atoms with van der Waals surface area (Å²) in [4.78, 5) is 5.00. The lowest BCUT2D eigenvalue weighted by atomic mass is 10.3. The average Bonchev–Trinajstić information content (AvgIpc) is 2.30. The number of piperazine rings is 1. The molecule has 0 radical (unpaired) electrons. The first kappa shape index (κ1) is 5.69. The molecule has 52 valence electrons. The third-order valence-corrected chi connectivity index (χ3v) is 2.63. The monoisotopic (exact) mass is 126 g/mol. The summed E-state index contributed by atoms with van der Waals surface area (Å²) in [6.45, 7) is 5.87. The van der Waals surface area contributed by atoms with E-state index in [2.05, 4.69) is 30.7 Å². The van der Waals surface area contributed by atoms with E-state index in [4.69, 9.17) is 0 Å². The van der Waals surface area contributed by atoms with E-state index in [1.54, 1.807) is 0 Å². The maximum Gasteiger partial charge on any atom is 0.0785 e. The van der Waals surface area contributed by atoms with E-state index in [-0.39, 0.29) is 0 Å². The van der Waals surface area contributed by atoms with Crippen LogP contribution in [-0.2, 0) is 0 Å². The molecule has 2 unspecified atom stereocenters. The Labute approximate surface area is 56.4 Å². The van der Waals surface area contributed by atoms with E-state index >= 15 is 0 Å². The van der Waals surface area contributed by atoms with Crippen LogP contribution in [0.1, 0.15) is 13.8 Å². The Morgan fingerprint density at radius 3 is 2.22 bits per heavy atom. The summed E-state index contributed by atoms with van der Waals surface area (Å²) in [7, 11) is 2.21. The fraction of sp³-hybridized carbons (Fsp3) is 1.00. The summed E-state index contributed by atoms with van der Waals surface area (Å²) in [5, 5.41) is 0. The van der Waals surface area contributed by atoms with Gasteiger partial charge < -0.3 is 0 Å². The van der Waals surface area contributed by atoms with Crippen LogP contribution in [0.25, 0.3) is 0 Å². The smallest absolute Gasteiger partial charge is 0.0785 e. The SMILES string of the molecule is C[C@@H]1CN(C)C2[C@H](C)N21. The molecule has 2 nitrogen and oxygen atoms in total. The topological polar surface area (TPSA) is 6.25 Å². The Morgan fingerprint density at radius 1 is 1.33 bits per heavy atom. The average molecular weight is 126 g/mol. The van der Waals surface area contributed by atoms with Crippen molar-refractivity contribution in [2.24, 2.45) is 0 Å². The van der Waals surface area contributed by atoms with Gasteiger partial charge in [-0.1, -0.05) is 0 Å². The van der Waals surface area contributed by atoms with E-state index in [0.717, 1.165) is 18.2 Å². The molecule has 4 atom stereocenters. The number of fused-ring (bicyclic) bond motifs is 1. The summed E-state index contributed by atoms with van der Waals surface area (Å²) < 4.78 is 0. The van der Waals surface area contributed by atoms with E-state index in [0.29, 0.717) is 0 Å². The molecule has 2 aliphatic rings. The van der Waals surface area contributed by atoms with Crippen molar-refractivity contribution in [3.8, 4) is 0 Å². The maximum absolute atomic E-state index is 2.56. The molecular formula is C7H14N2. The molecule has 2 fully saturated rings. The second-order valence-electron chi connectivity index (χ2n) is 3.39. The lowest BCUT2D eigenvalue weighted by molar-refractivity contribution is 0.352. The third-order valence-electron chi connectivity index (χ3n) is 2.63. The third kappa shape index (κ3) is 0.578. The molecule has 2 rings (SSSR count). The minimum absolute atomic E-state index is 0.792. The van der Waals surface area contributed by atoms with Gasteiger partial charge in [0.2, 0.25) is 0 Å². The predicted octanol–water partition coefficient (Wildman–Crippen LogP) is 0.351. The van der Waals surface area contributed by atoms with Crippen LogP contribution in [0.15, 0.2) is 0 Å². The van der Waals surface area contributed by atoms with Crippen LogP contribution in [0.5, 0.6) is 0 Å². The highest BCUT2D eigenvalue weighted by atomic mass is 15.6. The zero-order valence-corrected chi connectivity index (χ0v) is 6.33. The van der Waals surface area contributed by atoms with Crippen LogP contribution in [-0.4, -0.2) is 41.6 Å². The molecule has 9 heavy (non-hydrogen) atoms. The van der Waals surface area contributed by atoms with Crippen molar-refractivity contribution in [2.75, 3.05) is 13.6 Å². The Morgan fingerprint density at radius 2 is 2.00 bits per heavy atom. The maximum atomic E-state index is 2.56. The molecular weight excluding hydrogens is 112 g/mol. The Balaban J connectivity index is 2.10. The fourth-order valence-corrected chi connectivity index (χ4v) is 2.23. The van der Waals surface area contributed by atoms with Gasteiger partial charge in [0, 0.05) is 18.6 Å². The lowest BCUT2D eigenvalue weighted by Gasteiger charge is -2.11. The van der Waals surface area contributed by atoms with Crippen LogP contribution < -0.4 is 0 Å². The molecule has 0 aromatic rings. The van der Waals surface area contributed by atoms with E-state index < -0.39 is 0 Å². The van der Waals surface area contributed by atoms with Crippen LogP contribution >= 0.6 is 0 Å². The van der Waals surface area contributed by atoms with Gasteiger partial charge in [-0.25, -0.2) is 0 Å². The van der Waals surface area contributed by atoms with E-state index in [1.807, 2.05) is 0 Å². The quantitative estimate of drug-likeness (QED) is 0.432. The number of hydrogen-bond acceptors (Lipinski definition) is 2. The van der Waals surface area contributed by atoms with Crippen LogP contribution in [0, 0.1) is 0 Å². The fourth-order valence-electron chi connectivity index (χ4n) is 2.23. The molecule has 0 aromatic heterocycles. The molecule has 2 saturated heterocycles. The number of rotatable bonds is 0. The molecule has 0 bridgehead atoms. The van der Waals surface area contributed by atoms with Crippen molar-refractivity contribution in [2.45, 2.75) is 32.1 Å². The van der Waals surface area contributed by atoms with Gasteiger partial charge in [-0.15, -0.1) is 0 Å². The lowest BCUT2D eigenvalue weighted by Crippen LogP contribution is -2.26. The van der Waals surface area contributed by atoms with Gasteiger partial charge in [0.05, 0.1) is 6.17 Å². The summed E-state index contributed by atoms with van der Waals surface area (Å²) in [5.41, 5.74) is 0. The molecule has 0 aromatic carbocycles. The molecule has 0 saturated carbocycles. The zero-order chi connectivity index (χ0) is 6.59. The predicted molar refractivity (Wildman–Crippen MR) is 37.2 cm³/mol. The van der Waals surface area contributed by atoms with Crippen LogP contribution in [0.2, 0.25) is 0 Å². The van der Waals surface area contributed by atoms with Gasteiger partial charge >= 0.3 is 0 Å². The molecule has 0 amide bonds. The molecule has 0 spiro atoms. The van der Waals surface area contributed by atoms with E-state index in [9.17, 15) is 0 Å².